The van der Waals surface area contributed by atoms with Gasteiger partial charge in [-0.2, -0.15) is 0 Å². The van der Waals surface area contributed by atoms with Crippen molar-refractivity contribution in [2.45, 2.75) is 32.9 Å². The van der Waals surface area contributed by atoms with Crippen LogP contribution in [0, 0.1) is 0 Å². The summed E-state index contributed by atoms with van der Waals surface area (Å²) in [7, 11) is 4.14. The molecular weight excluding hydrogens is 451 g/mol. The maximum absolute atomic E-state index is 5.92. The summed E-state index contributed by atoms with van der Waals surface area (Å²) >= 11 is 0. The summed E-state index contributed by atoms with van der Waals surface area (Å²) in [6.45, 7) is 7.34. The lowest BCUT2D eigenvalue weighted by molar-refractivity contribution is 0.0651. The number of halogens is 1. The van der Waals surface area contributed by atoms with Crippen LogP contribution >= 0.6 is 24.0 Å². The minimum atomic E-state index is 0. The molecule has 0 amide bonds. The highest BCUT2D eigenvalue weighted by molar-refractivity contribution is 14.0. The third-order valence-corrected chi connectivity index (χ3v) is 4.35. The van der Waals surface area contributed by atoms with E-state index >= 15 is 0 Å². The van der Waals surface area contributed by atoms with Gasteiger partial charge in [0.25, 0.3) is 0 Å². The van der Waals surface area contributed by atoms with Crippen LogP contribution in [-0.2, 0) is 18.3 Å². The van der Waals surface area contributed by atoms with Gasteiger partial charge in [-0.1, -0.05) is 30.3 Å². The zero-order valence-corrected chi connectivity index (χ0v) is 19.2. The van der Waals surface area contributed by atoms with Crippen molar-refractivity contribution in [3.8, 4) is 0 Å². The number of nitrogens with one attached hydrogen (secondary N) is 1. The SMILES string of the molecule is CCNC(=NCCCOC(C)c1ccccc1)N(C)Cc1cccn1C.I. The smallest absolute Gasteiger partial charge is 0.194 e. The molecule has 1 aromatic carbocycles. The Bertz CT molecular complexity index is 672. The average molecular weight is 484 g/mol. The normalized spacial score (nSPS) is 12.4. The second-order valence-electron chi connectivity index (χ2n) is 6.48. The molecule has 1 atom stereocenters. The summed E-state index contributed by atoms with van der Waals surface area (Å²) < 4.78 is 8.06. The Morgan fingerprint density at radius 2 is 1.96 bits per heavy atom. The van der Waals surface area contributed by atoms with E-state index in [4.69, 9.17) is 9.73 Å². The van der Waals surface area contributed by atoms with Crippen molar-refractivity contribution in [2.24, 2.45) is 12.0 Å². The summed E-state index contributed by atoms with van der Waals surface area (Å²) in [6, 6.07) is 14.5. The highest BCUT2D eigenvalue weighted by atomic mass is 127. The Morgan fingerprint density at radius 1 is 1.22 bits per heavy atom. The van der Waals surface area contributed by atoms with E-state index in [9.17, 15) is 0 Å². The van der Waals surface area contributed by atoms with Crippen LogP contribution in [0.1, 0.15) is 37.6 Å². The molecule has 1 N–H and O–H groups in total. The molecule has 2 aromatic rings. The molecule has 27 heavy (non-hydrogen) atoms. The van der Waals surface area contributed by atoms with Gasteiger partial charge in [0.15, 0.2) is 5.96 Å². The molecule has 0 aliphatic carbocycles. The van der Waals surface area contributed by atoms with Crippen molar-refractivity contribution in [1.82, 2.24) is 14.8 Å². The maximum atomic E-state index is 5.92. The average Bonchev–Trinajstić information content (AvgIpc) is 3.05. The summed E-state index contributed by atoms with van der Waals surface area (Å²) in [4.78, 5) is 6.89. The molecule has 0 spiro atoms. The fourth-order valence-corrected chi connectivity index (χ4v) is 2.78. The van der Waals surface area contributed by atoms with Gasteiger partial charge in [-0.05, 0) is 38.0 Å². The predicted molar refractivity (Wildman–Crippen MR) is 124 cm³/mol. The minimum Gasteiger partial charge on any atom is -0.374 e. The summed E-state index contributed by atoms with van der Waals surface area (Å²) in [5.41, 5.74) is 2.48. The lowest BCUT2D eigenvalue weighted by Crippen LogP contribution is -2.39. The molecule has 150 valence electrons. The third-order valence-electron chi connectivity index (χ3n) is 4.35. The lowest BCUT2D eigenvalue weighted by atomic mass is 10.1. The topological polar surface area (TPSA) is 41.8 Å². The van der Waals surface area contributed by atoms with Crippen LogP contribution in [0.25, 0.3) is 0 Å². The molecule has 1 aromatic heterocycles. The first kappa shape index (κ1) is 23.5. The predicted octanol–water partition coefficient (Wildman–Crippen LogP) is 4.21. The van der Waals surface area contributed by atoms with E-state index in [2.05, 4.69) is 73.2 Å². The third kappa shape index (κ3) is 7.92. The van der Waals surface area contributed by atoms with E-state index in [0.29, 0.717) is 6.61 Å². The highest BCUT2D eigenvalue weighted by Gasteiger charge is 2.08. The van der Waals surface area contributed by atoms with Crippen molar-refractivity contribution < 1.29 is 4.74 Å². The molecule has 5 nitrogen and oxygen atoms in total. The van der Waals surface area contributed by atoms with Crippen LogP contribution in [0.2, 0.25) is 0 Å². The zero-order valence-electron chi connectivity index (χ0n) is 16.9. The van der Waals surface area contributed by atoms with Gasteiger partial charge in [-0.15, -0.1) is 24.0 Å². The fourth-order valence-electron chi connectivity index (χ4n) is 2.78. The molecule has 0 saturated carbocycles. The van der Waals surface area contributed by atoms with E-state index in [0.717, 1.165) is 32.0 Å². The van der Waals surface area contributed by atoms with Gasteiger partial charge in [0.05, 0.1) is 12.6 Å². The van der Waals surface area contributed by atoms with E-state index < -0.39 is 0 Å². The van der Waals surface area contributed by atoms with Crippen molar-refractivity contribution in [2.75, 3.05) is 26.7 Å². The minimum absolute atomic E-state index is 0. The van der Waals surface area contributed by atoms with Crippen LogP contribution in [-0.4, -0.2) is 42.2 Å². The number of benzene rings is 1. The van der Waals surface area contributed by atoms with Gasteiger partial charge in [0.1, 0.15) is 0 Å². The number of hydrogen-bond donors (Lipinski definition) is 1. The standard InChI is InChI=1S/C21H32N4O.HI/c1-5-22-21(25(4)17-20-13-9-15-24(20)3)23-14-10-16-26-18(2)19-11-7-6-8-12-19;/h6-9,11-13,15,18H,5,10,14,16-17H2,1-4H3,(H,22,23);1H. The Balaban J connectivity index is 0.00000364. The molecular formula is C21H33IN4O. The molecule has 2 rings (SSSR count). The van der Waals surface area contributed by atoms with Gasteiger partial charge in [-0.3, -0.25) is 4.99 Å². The van der Waals surface area contributed by atoms with Crippen LogP contribution in [0.5, 0.6) is 0 Å². The second kappa shape index (κ2) is 12.8. The van der Waals surface area contributed by atoms with Crippen LogP contribution in [0.15, 0.2) is 53.7 Å². The van der Waals surface area contributed by atoms with E-state index in [1.807, 2.05) is 18.2 Å². The number of nitrogens with zero attached hydrogens (tertiary/aromatic N) is 3. The van der Waals surface area contributed by atoms with E-state index in [1.165, 1.54) is 11.3 Å². The Labute approximate surface area is 180 Å². The lowest BCUT2D eigenvalue weighted by Gasteiger charge is -2.22. The maximum Gasteiger partial charge on any atom is 0.194 e. The van der Waals surface area contributed by atoms with Crippen LogP contribution in [0.3, 0.4) is 0 Å². The van der Waals surface area contributed by atoms with Crippen molar-refractivity contribution in [3.63, 3.8) is 0 Å². The van der Waals surface area contributed by atoms with Gasteiger partial charge < -0.3 is 19.5 Å². The van der Waals surface area contributed by atoms with Crippen molar-refractivity contribution in [3.05, 3.63) is 59.9 Å². The van der Waals surface area contributed by atoms with Gasteiger partial charge in [0.2, 0.25) is 0 Å². The van der Waals surface area contributed by atoms with Crippen molar-refractivity contribution >= 4 is 29.9 Å². The summed E-state index contributed by atoms with van der Waals surface area (Å²) in [5.74, 6) is 0.935. The number of hydrogen-bond acceptors (Lipinski definition) is 2. The Hall–Kier alpha value is -1.54. The largest absolute Gasteiger partial charge is 0.374 e. The molecule has 0 radical (unpaired) electrons. The van der Waals surface area contributed by atoms with Gasteiger partial charge >= 0.3 is 0 Å². The first-order valence-corrected chi connectivity index (χ1v) is 9.38. The summed E-state index contributed by atoms with van der Waals surface area (Å²) in [5, 5.41) is 3.37. The fraction of sp³-hybridized carbons (Fsp3) is 0.476. The number of guanidine groups is 1. The first-order valence-electron chi connectivity index (χ1n) is 9.38. The molecule has 1 heterocycles. The van der Waals surface area contributed by atoms with Gasteiger partial charge in [0, 0.05) is 45.7 Å². The Kier molecular flexibility index (Phi) is 11.1. The monoisotopic (exact) mass is 484 g/mol. The number of aryl methyl sites for hydroxylation is 1. The van der Waals surface area contributed by atoms with Crippen molar-refractivity contribution in [1.29, 1.82) is 0 Å². The summed E-state index contributed by atoms with van der Waals surface area (Å²) in [6.07, 6.45) is 3.09. The van der Waals surface area contributed by atoms with Crippen LogP contribution < -0.4 is 5.32 Å². The molecule has 0 aliphatic heterocycles. The van der Waals surface area contributed by atoms with E-state index in [-0.39, 0.29) is 30.1 Å². The van der Waals surface area contributed by atoms with Gasteiger partial charge in [-0.25, -0.2) is 0 Å². The molecule has 0 aliphatic rings. The molecule has 1 unspecified atom stereocenters. The number of aromatic nitrogens is 1. The highest BCUT2D eigenvalue weighted by Crippen LogP contribution is 2.15. The molecule has 0 bridgehead atoms. The van der Waals surface area contributed by atoms with E-state index in [1.54, 1.807) is 0 Å². The Morgan fingerprint density at radius 3 is 2.59 bits per heavy atom. The first-order chi connectivity index (χ1) is 12.6. The molecule has 0 fully saturated rings. The number of ether oxygens (including phenoxy) is 1. The van der Waals surface area contributed by atoms with Crippen LogP contribution in [0.4, 0.5) is 0 Å². The zero-order chi connectivity index (χ0) is 18.8. The molecule has 6 heteroatoms. The second-order valence-corrected chi connectivity index (χ2v) is 6.48. The number of rotatable bonds is 9. The molecule has 0 saturated heterocycles. The quantitative estimate of drug-likeness (QED) is 0.251. The number of aliphatic imine (C=N–C) groups is 1.